The molecule has 5 nitrogen and oxygen atoms in total. The monoisotopic (exact) mass is 303 g/mol. The molecule has 1 aliphatic rings. The maximum absolute atomic E-state index is 11.6. The Balaban J connectivity index is 1.79. The van der Waals surface area contributed by atoms with E-state index in [2.05, 4.69) is 46.8 Å². The number of aliphatic imine (C=N–C) groups is 1. The lowest BCUT2D eigenvalue weighted by Crippen LogP contribution is -2.33. The zero-order chi connectivity index (χ0) is 16.2. The van der Waals surface area contributed by atoms with Crippen LogP contribution in [0, 0.1) is 0 Å². The van der Waals surface area contributed by atoms with Crippen LogP contribution in [0.4, 0.5) is 4.79 Å². The highest BCUT2D eigenvalue weighted by Gasteiger charge is 2.16. The van der Waals surface area contributed by atoms with Crippen molar-refractivity contribution in [2.75, 3.05) is 13.1 Å². The van der Waals surface area contributed by atoms with Crippen LogP contribution in [0.5, 0.6) is 0 Å². The molecule has 1 aromatic rings. The molecule has 5 heteroatoms. The van der Waals surface area contributed by atoms with Gasteiger partial charge in [0.1, 0.15) is 11.4 Å². The van der Waals surface area contributed by atoms with E-state index in [0.717, 1.165) is 24.4 Å². The predicted octanol–water partition coefficient (Wildman–Crippen LogP) is 2.49. The first kappa shape index (κ1) is 16.3. The maximum atomic E-state index is 11.6. The van der Waals surface area contributed by atoms with Crippen LogP contribution in [-0.2, 0) is 11.2 Å². The standard InChI is InChI=1S/C17H25N3O2/c1-12-11-19-15(20-12)14-7-5-13(6-8-14)9-10-18-16(21)22-17(2,3)4/h5-8,12H,9-11H2,1-4H3,(H,18,21)(H,19,20). The normalized spacial score (nSPS) is 17.6. The number of alkyl carbamates (subject to hydrolysis) is 1. The summed E-state index contributed by atoms with van der Waals surface area (Å²) in [6.07, 6.45) is 0.401. The van der Waals surface area contributed by atoms with Gasteiger partial charge in [0.15, 0.2) is 0 Å². The van der Waals surface area contributed by atoms with Gasteiger partial charge in [-0.25, -0.2) is 4.79 Å². The minimum absolute atomic E-state index is 0.373. The number of nitrogens with zero attached hydrogens (tertiary/aromatic N) is 1. The molecule has 22 heavy (non-hydrogen) atoms. The number of amides is 1. The molecule has 0 saturated heterocycles. The minimum atomic E-state index is -0.460. The van der Waals surface area contributed by atoms with Crippen molar-refractivity contribution in [3.05, 3.63) is 35.4 Å². The molecule has 1 amide bonds. The first-order valence-corrected chi connectivity index (χ1v) is 7.70. The number of nitrogens with one attached hydrogen (secondary N) is 2. The molecule has 0 radical (unpaired) electrons. The first-order chi connectivity index (χ1) is 10.3. The van der Waals surface area contributed by atoms with Gasteiger partial charge in [-0.1, -0.05) is 24.3 Å². The molecule has 0 fully saturated rings. The zero-order valence-electron chi connectivity index (χ0n) is 13.8. The SMILES string of the molecule is CC1CN=C(c2ccc(CCNC(=O)OC(C)(C)C)cc2)N1. The van der Waals surface area contributed by atoms with Crippen LogP contribution in [0.2, 0.25) is 0 Å². The summed E-state index contributed by atoms with van der Waals surface area (Å²) in [5, 5.41) is 6.11. The van der Waals surface area contributed by atoms with Crippen LogP contribution >= 0.6 is 0 Å². The van der Waals surface area contributed by atoms with E-state index in [9.17, 15) is 4.79 Å². The summed E-state index contributed by atoms with van der Waals surface area (Å²) in [4.78, 5) is 16.0. The predicted molar refractivity (Wildman–Crippen MR) is 88.4 cm³/mol. The molecule has 1 aliphatic heterocycles. The van der Waals surface area contributed by atoms with Gasteiger partial charge in [-0.2, -0.15) is 0 Å². The molecule has 1 unspecified atom stereocenters. The average Bonchev–Trinajstić information content (AvgIpc) is 2.84. The Hall–Kier alpha value is -2.04. The average molecular weight is 303 g/mol. The third-order valence-corrected chi connectivity index (χ3v) is 3.22. The molecule has 0 bridgehead atoms. The summed E-state index contributed by atoms with van der Waals surface area (Å²) in [6.45, 7) is 9.07. The van der Waals surface area contributed by atoms with Crippen LogP contribution in [0.15, 0.2) is 29.3 Å². The van der Waals surface area contributed by atoms with E-state index < -0.39 is 5.60 Å². The fraction of sp³-hybridized carbons (Fsp3) is 0.529. The Morgan fingerprint density at radius 2 is 2.05 bits per heavy atom. The number of rotatable bonds is 4. The summed E-state index contributed by atoms with van der Waals surface area (Å²) in [5.74, 6) is 0.964. The molecule has 1 atom stereocenters. The van der Waals surface area contributed by atoms with Crippen LogP contribution in [0.25, 0.3) is 0 Å². The van der Waals surface area contributed by atoms with Crippen LogP contribution in [0.1, 0.15) is 38.8 Å². The summed E-state index contributed by atoms with van der Waals surface area (Å²) in [7, 11) is 0. The van der Waals surface area contributed by atoms with E-state index in [1.54, 1.807) is 0 Å². The first-order valence-electron chi connectivity index (χ1n) is 7.70. The van der Waals surface area contributed by atoms with Gasteiger partial charge in [-0.3, -0.25) is 4.99 Å². The van der Waals surface area contributed by atoms with Crippen LogP contribution in [0.3, 0.4) is 0 Å². The Labute approximate surface area is 132 Å². The topological polar surface area (TPSA) is 62.7 Å². The molecule has 1 heterocycles. The van der Waals surface area contributed by atoms with Crippen molar-refractivity contribution >= 4 is 11.9 Å². The molecule has 2 rings (SSSR count). The van der Waals surface area contributed by atoms with Crippen molar-refractivity contribution in [1.82, 2.24) is 10.6 Å². The fourth-order valence-corrected chi connectivity index (χ4v) is 2.18. The molecule has 0 saturated carbocycles. The second-order valence-corrected chi connectivity index (χ2v) is 6.61. The Morgan fingerprint density at radius 3 is 2.59 bits per heavy atom. The van der Waals surface area contributed by atoms with Gasteiger partial charge >= 0.3 is 6.09 Å². The van der Waals surface area contributed by atoms with Gasteiger partial charge in [-0.15, -0.1) is 0 Å². The summed E-state index contributed by atoms with van der Waals surface area (Å²) in [5.41, 5.74) is 1.82. The maximum Gasteiger partial charge on any atom is 0.407 e. The molecule has 0 aromatic heterocycles. The van der Waals surface area contributed by atoms with E-state index in [1.165, 1.54) is 5.56 Å². The van der Waals surface area contributed by atoms with Gasteiger partial charge < -0.3 is 15.4 Å². The number of hydrogen-bond acceptors (Lipinski definition) is 4. The highest BCUT2D eigenvalue weighted by molar-refractivity contribution is 6.00. The number of ether oxygens (including phenoxy) is 1. The van der Waals surface area contributed by atoms with Gasteiger partial charge in [-0.05, 0) is 39.7 Å². The lowest BCUT2D eigenvalue weighted by molar-refractivity contribution is 0.0528. The quantitative estimate of drug-likeness (QED) is 0.898. The van der Waals surface area contributed by atoms with Gasteiger partial charge in [0, 0.05) is 18.2 Å². The lowest BCUT2D eigenvalue weighted by Gasteiger charge is -2.19. The lowest BCUT2D eigenvalue weighted by atomic mass is 10.1. The fourth-order valence-electron chi connectivity index (χ4n) is 2.18. The molecular formula is C17H25N3O2. The Morgan fingerprint density at radius 1 is 1.36 bits per heavy atom. The highest BCUT2D eigenvalue weighted by atomic mass is 16.6. The van der Waals surface area contributed by atoms with Crippen molar-refractivity contribution in [2.45, 2.75) is 45.8 Å². The number of hydrogen-bond donors (Lipinski definition) is 2. The number of benzene rings is 1. The van der Waals surface area contributed by atoms with Crippen LogP contribution < -0.4 is 10.6 Å². The smallest absolute Gasteiger partial charge is 0.407 e. The van der Waals surface area contributed by atoms with E-state index >= 15 is 0 Å². The van der Waals surface area contributed by atoms with E-state index in [1.807, 2.05) is 20.8 Å². The number of carbonyl (C=O) groups is 1. The third kappa shape index (κ3) is 5.06. The Kier molecular flexibility index (Phi) is 5.06. The molecule has 0 spiro atoms. The summed E-state index contributed by atoms with van der Waals surface area (Å²) in [6, 6.07) is 8.67. The largest absolute Gasteiger partial charge is 0.444 e. The molecular weight excluding hydrogens is 278 g/mol. The van der Waals surface area contributed by atoms with Crippen molar-refractivity contribution in [2.24, 2.45) is 4.99 Å². The van der Waals surface area contributed by atoms with Gasteiger partial charge in [0.05, 0.1) is 6.54 Å². The van der Waals surface area contributed by atoms with Crippen molar-refractivity contribution in [3.8, 4) is 0 Å². The van der Waals surface area contributed by atoms with E-state index in [0.29, 0.717) is 12.6 Å². The van der Waals surface area contributed by atoms with Crippen molar-refractivity contribution in [3.63, 3.8) is 0 Å². The molecule has 1 aromatic carbocycles. The molecule has 0 aliphatic carbocycles. The van der Waals surface area contributed by atoms with Crippen LogP contribution in [-0.4, -0.2) is 36.7 Å². The molecule has 120 valence electrons. The van der Waals surface area contributed by atoms with Gasteiger partial charge in [0.25, 0.3) is 0 Å². The van der Waals surface area contributed by atoms with Gasteiger partial charge in [0.2, 0.25) is 0 Å². The number of amidine groups is 1. The van der Waals surface area contributed by atoms with E-state index in [4.69, 9.17) is 4.74 Å². The highest BCUT2D eigenvalue weighted by Crippen LogP contribution is 2.09. The Bertz CT molecular complexity index is 544. The minimum Gasteiger partial charge on any atom is -0.444 e. The molecule has 2 N–H and O–H groups in total. The van der Waals surface area contributed by atoms with Crippen molar-refractivity contribution in [1.29, 1.82) is 0 Å². The second-order valence-electron chi connectivity index (χ2n) is 6.61. The van der Waals surface area contributed by atoms with Crippen molar-refractivity contribution < 1.29 is 9.53 Å². The van der Waals surface area contributed by atoms with E-state index in [-0.39, 0.29) is 6.09 Å². The zero-order valence-corrected chi connectivity index (χ0v) is 13.8. The summed E-state index contributed by atoms with van der Waals surface area (Å²) < 4.78 is 5.20. The number of carbonyl (C=O) groups excluding carboxylic acids is 1. The second kappa shape index (κ2) is 6.81. The summed E-state index contributed by atoms with van der Waals surface area (Å²) >= 11 is 0. The third-order valence-electron chi connectivity index (χ3n) is 3.22.